The SMILES string of the molecule is C[C@@H]1NC(=O)CC/C=C\CN(c2ccc(Cl)cc2)C(=O)[C@H]2N([C@H](C)CO)C(=O)[C@@H]3[C@@H](C(=O)O[C@H]1c1ccccc1)[C@@H]1O[C@@]32C=C1Br. The Morgan fingerprint density at radius 1 is 1.04 bits per heavy atom. The number of halogens is 2. The Bertz CT molecular complexity index is 1580. The molecule has 0 radical (unpaired) electrons. The molecule has 5 bridgehead atoms. The number of hydrogen-bond donors (Lipinski definition) is 2. The summed E-state index contributed by atoms with van der Waals surface area (Å²) in [4.78, 5) is 59.3. The van der Waals surface area contributed by atoms with Gasteiger partial charge >= 0.3 is 5.97 Å². The van der Waals surface area contributed by atoms with Crippen molar-refractivity contribution >= 4 is 56.9 Å². The molecule has 2 aromatic rings. The summed E-state index contributed by atoms with van der Waals surface area (Å²) >= 11 is 9.73. The molecule has 2 fully saturated rings. The Balaban J connectivity index is 1.48. The van der Waals surface area contributed by atoms with E-state index >= 15 is 0 Å². The van der Waals surface area contributed by atoms with E-state index in [1.165, 1.54) is 9.80 Å². The molecule has 4 aliphatic heterocycles. The Labute approximate surface area is 280 Å². The quantitative estimate of drug-likeness (QED) is 0.362. The minimum Gasteiger partial charge on any atom is -0.455 e. The average molecular weight is 713 g/mol. The lowest BCUT2D eigenvalue weighted by Crippen LogP contribution is -2.58. The maximum Gasteiger partial charge on any atom is 0.313 e. The number of likely N-dealkylation sites (tertiary alicyclic amines) is 1. The van der Waals surface area contributed by atoms with Gasteiger partial charge in [-0.2, -0.15) is 0 Å². The van der Waals surface area contributed by atoms with E-state index in [-0.39, 0.29) is 18.9 Å². The number of amides is 3. The van der Waals surface area contributed by atoms with Crippen LogP contribution in [0.25, 0.3) is 0 Å². The van der Waals surface area contributed by atoms with Crippen LogP contribution >= 0.6 is 27.5 Å². The van der Waals surface area contributed by atoms with Gasteiger partial charge in [0.2, 0.25) is 11.8 Å². The summed E-state index contributed by atoms with van der Waals surface area (Å²) in [5, 5.41) is 13.7. The number of carbonyl (C=O) groups excluding carboxylic acids is 4. The van der Waals surface area contributed by atoms with Crippen molar-refractivity contribution in [3.8, 4) is 0 Å². The molecular weight excluding hydrogens is 678 g/mol. The number of allylic oxidation sites excluding steroid dienone is 1. The van der Waals surface area contributed by atoms with Crippen LogP contribution < -0.4 is 10.2 Å². The summed E-state index contributed by atoms with van der Waals surface area (Å²) in [6.07, 6.45) is 4.21. The maximum atomic E-state index is 14.8. The van der Waals surface area contributed by atoms with Gasteiger partial charge in [0.25, 0.3) is 5.91 Å². The minimum atomic E-state index is -1.50. The lowest BCUT2D eigenvalue weighted by molar-refractivity contribution is -0.161. The van der Waals surface area contributed by atoms with Crippen LogP contribution in [0.1, 0.15) is 38.4 Å². The number of aliphatic hydroxyl groups excluding tert-OH is 1. The van der Waals surface area contributed by atoms with Gasteiger partial charge in [-0.1, -0.05) is 70.0 Å². The Hall–Kier alpha value is -3.51. The zero-order chi connectivity index (χ0) is 32.7. The molecular formula is C34H35BrClN3O7. The first-order valence-electron chi connectivity index (χ1n) is 15.3. The van der Waals surface area contributed by atoms with Crippen molar-refractivity contribution in [2.45, 2.75) is 62.6 Å². The number of anilines is 1. The van der Waals surface area contributed by atoms with E-state index in [2.05, 4.69) is 21.2 Å². The number of esters is 1. The standard InChI is InChI=1S/C34H35BrClN3O7/c1-19(18-40)39-30-32(43)38(23-14-12-22(36)13-15-23)16-8-4-7-11-25(41)37-20(2)28(21-9-5-3-6-10-21)45-33(44)26-27(31(39)42)34(30)17-24(35)29(26)46-34/h3-6,8-10,12-15,17,19-20,26-30,40H,7,11,16,18H2,1-2H3,(H,37,41)/b8-4-/t19-,20+,26-,27+,28-,29-,30-,34+/m1/s1. The van der Waals surface area contributed by atoms with E-state index in [1.807, 2.05) is 36.4 Å². The van der Waals surface area contributed by atoms with Gasteiger partial charge in [0, 0.05) is 28.2 Å². The molecule has 46 heavy (non-hydrogen) atoms. The van der Waals surface area contributed by atoms with Crippen LogP contribution in [0.3, 0.4) is 0 Å². The fourth-order valence-corrected chi connectivity index (χ4v) is 7.94. The first-order valence-corrected chi connectivity index (χ1v) is 16.5. The van der Waals surface area contributed by atoms with Gasteiger partial charge in [-0.25, -0.2) is 0 Å². The normalized spacial score (nSPS) is 32.9. The third-order valence-electron chi connectivity index (χ3n) is 9.22. The number of fused-ring (bicyclic) bond motifs is 2. The zero-order valence-electron chi connectivity index (χ0n) is 25.3. The highest BCUT2D eigenvalue weighted by Crippen LogP contribution is 2.59. The molecule has 0 aliphatic carbocycles. The third-order valence-corrected chi connectivity index (χ3v) is 10.2. The van der Waals surface area contributed by atoms with E-state index in [4.69, 9.17) is 21.1 Å². The van der Waals surface area contributed by atoms with Gasteiger partial charge in [0.15, 0.2) is 0 Å². The summed E-state index contributed by atoms with van der Waals surface area (Å²) < 4.78 is 13.3. The molecule has 242 valence electrons. The highest BCUT2D eigenvalue weighted by molar-refractivity contribution is 9.11. The topological polar surface area (TPSA) is 125 Å². The van der Waals surface area contributed by atoms with E-state index in [0.29, 0.717) is 27.2 Å². The van der Waals surface area contributed by atoms with Crippen molar-refractivity contribution in [2.24, 2.45) is 11.8 Å². The highest BCUT2D eigenvalue weighted by atomic mass is 79.9. The average Bonchev–Trinajstić information content (AvgIpc) is 3.64. The van der Waals surface area contributed by atoms with E-state index < -0.39 is 72.2 Å². The number of nitrogens with one attached hydrogen (secondary N) is 1. The van der Waals surface area contributed by atoms with Gasteiger partial charge < -0.3 is 29.7 Å². The number of aliphatic hydroxyl groups is 1. The molecule has 2 N–H and O–H groups in total. The van der Waals surface area contributed by atoms with Gasteiger partial charge in [0.05, 0.1) is 24.6 Å². The van der Waals surface area contributed by atoms with Crippen molar-refractivity contribution in [2.75, 3.05) is 18.1 Å². The molecule has 2 aromatic carbocycles. The van der Waals surface area contributed by atoms with Crippen LogP contribution in [0.5, 0.6) is 0 Å². The first kappa shape index (κ1) is 32.4. The second-order valence-corrected chi connectivity index (χ2v) is 13.5. The van der Waals surface area contributed by atoms with E-state index in [0.717, 1.165) is 0 Å². The van der Waals surface area contributed by atoms with Gasteiger partial charge in [0.1, 0.15) is 29.8 Å². The van der Waals surface area contributed by atoms with Crippen molar-refractivity contribution < 1.29 is 33.8 Å². The molecule has 12 heteroatoms. The summed E-state index contributed by atoms with van der Waals surface area (Å²) in [7, 11) is 0. The molecule has 8 atom stereocenters. The van der Waals surface area contributed by atoms with Crippen LogP contribution in [0.15, 0.2) is 77.3 Å². The van der Waals surface area contributed by atoms with Crippen LogP contribution in [0.4, 0.5) is 5.69 Å². The second-order valence-electron chi connectivity index (χ2n) is 12.2. The fourth-order valence-electron chi connectivity index (χ4n) is 7.08. The number of carbonyl (C=O) groups is 4. The molecule has 1 spiro atoms. The highest BCUT2D eigenvalue weighted by Gasteiger charge is 2.75. The number of hydrogen-bond acceptors (Lipinski definition) is 7. The number of benzene rings is 2. The number of ether oxygens (including phenoxy) is 2. The molecule has 4 aliphatic rings. The summed E-state index contributed by atoms with van der Waals surface area (Å²) in [5.74, 6) is -4.02. The van der Waals surface area contributed by atoms with Crippen molar-refractivity contribution in [1.82, 2.24) is 10.2 Å². The van der Waals surface area contributed by atoms with Gasteiger partial charge in [-0.15, -0.1) is 0 Å². The second kappa shape index (κ2) is 12.9. The summed E-state index contributed by atoms with van der Waals surface area (Å²) in [6, 6.07) is 13.3. The molecule has 0 saturated carbocycles. The number of cyclic esters (lactones) is 1. The zero-order valence-corrected chi connectivity index (χ0v) is 27.7. The van der Waals surface area contributed by atoms with Crippen LogP contribution in [-0.2, 0) is 28.7 Å². The molecule has 0 aromatic heterocycles. The molecule has 3 amide bonds. The van der Waals surface area contributed by atoms with Crippen LogP contribution in [0, 0.1) is 11.8 Å². The predicted octanol–water partition coefficient (Wildman–Crippen LogP) is 4.07. The Morgan fingerprint density at radius 2 is 1.76 bits per heavy atom. The molecule has 0 unspecified atom stereocenters. The lowest BCUT2D eigenvalue weighted by atomic mass is 9.74. The van der Waals surface area contributed by atoms with Gasteiger partial charge in [-0.3, -0.25) is 19.2 Å². The largest absolute Gasteiger partial charge is 0.455 e. The van der Waals surface area contributed by atoms with Crippen molar-refractivity contribution in [3.05, 3.63) is 87.9 Å². The van der Waals surface area contributed by atoms with Crippen molar-refractivity contribution in [1.29, 1.82) is 0 Å². The minimum absolute atomic E-state index is 0.126. The van der Waals surface area contributed by atoms with Crippen LogP contribution in [0.2, 0.25) is 5.02 Å². The summed E-state index contributed by atoms with van der Waals surface area (Å²) in [6.45, 7) is 3.14. The Morgan fingerprint density at radius 3 is 2.46 bits per heavy atom. The molecule has 10 nitrogen and oxygen atoms in total. The molecule has 2 saturated heterocycles. The lowest BCUT2D eigenvalue weighted by Gasteiger charge is -2.37. The fraction of sp³-hybridized carbons (Fsp3) is 0.412. The first-order chi connectivity index (χ1) is 22.1. The summed E-state index contributed by atoms with van der Waals surface area (Å²) in [5.41, 5.74) is -0.297. The predicted molar refractivity (Wildman–Crippen MR) is 174 cm³/mol. The maximum absolute atomic E-state index is 14.8. The third kappa shape index (κ3) is 5.57. The van der Waals surface area contributed by atoms with Crippen LogP contribution in [-0.4, -0.2) is 76.7 Å². The Kier molecular flexibility index (Phi) is 9.13. The van der Waals surface area contributed by atoms with Crippen molar-refractivity contribution in [3.63, 3.8) is 0 Å². The van der Waals surface area contributed by atoms with E-state index in [1.54, 1.807) is 50.3 Å². The molecule has 6 rings (SSSR count). The van der Waals surface area contributed by atoms with E-state index in [9.17, 15) is 24.3 Å². The van der Waals surface area contributed by atoms with Gasteiger partial charge in [-0.05, 0) is 56.2 Å². The number of nitrogens with zero attached hydrogens (tertiary/aromatic N) is 2. The number of rotatable bonds is 4. The monoisotopic (exact) mass is 711 g/mol. The smallest absolute Gasteiger partial charge is 0.313 e. The molecule has 4 heterocycles.